The van der Waals surface area contributed by atoms with Crippen LogP contribution in [0.3, 0.4) is 0 Å². The van der Waals surface area contributed by atoms with Crippen molar-refractivity contribution in [1.82, 2.24) is 0 Å². The minimum Gasteiger partial charge on any atom is -0.453 e. The number of ketones is 1. The van der Waals surface area contributed by atoms with Crippen LogP contribution in [0, 0.1) is 6.92 Å². The molecule has 0 aliphatic heterocycles. The van der Waals surface area contributed by atoms with Crippen LogP contribution in [0.4, 0.5) is 0 Å². The van der Waals surface area contributed by atoms with Crippen molar-refractivity contribution < 1.29 is 14.3 Å². The molecule has 3 rings (SSSR count). The van der Waals surface area contributed by atoms with Gasteiger partial charge >= 0.3 is 5.97 Å². The van der Waals surface area contributed by atoms with Gasteiger partial charge in [0.05, 0.1) is 0 Å². The van der Waals surface area contributed by atoms with E-state index < -0.39 is 5.97 Å². The van der Waals surface area contributed by atoms with Crippen molar-refractivity contribution in [3.8, 4) is 11.1 Å². The number of hydrogen-bond acceptors (Lipinski definition) is 4. The van der Waals surface area contributed by atoms with E-state index in [1.165, 1.54) is 11.3 Å². The molecule has 2 aromatic carbocycles. The molecule has 0 saturated carbocycles. The summed E-state index contributed by atoms with van der Waals surface area (Å²) in [4.78, 5) is 25.6. The maximum atomic E-state index is 12.2. The lowest BCUT2D eigenvalue weighted by molar-refractivity contribution is 0.0479. The van der Waals surface area contributed by atoms with Crippen LogP contribution in [0.15, 0.2) is 66.7 Å². The lowest BCUT2D eigenvalue weighted by Crippen LogP contribution is -2.13. The summed E-state index contributed by atoms with van der Waals surface area (Å²) < 4.78 is 5.09. The fraction of sp³-hybridized carbons (Fsp3) is 0.100. The molecular weight excluding hydrogens is 320 g/mol. The first-order chi connectivity index (χ1) is 11.6. The van der Waals surface area contributed by atoms with Gasteiger partial charge in [-0.1, -0.05) is 54.6 Å². The van der Waals surface area contributed by atoms with E-state index in [4.69, 9.17) is 4.74 Å². The van der Waals surface area contributed by atoms with Crippen LogP contribution in [0.2, 0.25) is 0 Å². The van der Waals surface area contributed by atoms with Crippen LogP contribution in [0.1, 0.15) is 24.9 Å². The first-order valence-corrected chi connectivity index (χ1v) is 8.37. The molecular formula is C20H16O3S. The predicted molar refractivity (Wildman–Crippen MR) is 95.5 cm³/mol. The molecule has 0 amide bonds. The highest BCUT2D eigenvalue weighted by Crippen LogP contribution is 2.20. The summed E-state index contributed by atoms with van der Waals surface area (Å²) in [6.45, 7) is 1.67. The summed E-state index contributed by atoms with van der Waals surface area (Å²) >= 11 is 1.36. The van der Waals surface area contributed by atoms with E-state index in [1.54, 1.807) is 18.2 Å². The maximum absolute atomic E-state index is 12.2. The van der Waals surface area contributed by atoms with Crippen LogP contribution >= 0.6 is 11.3 Å². The number of rotatable bonds is 5. The van der Waals surface area contributed by atoms with Crippen molar-refractivity contribution in [2.75, 3.05) is 6.61 Å². The number of carbonyl (C=O) groups is 2. The van der Waals surface area contributed by atoms with E-state index in [0.29, 0.717) is 10.4 Å². The Morgan fingerprint density at radius 2 is 1.54 bits per heavy atom. The fourth-order valence-corrected chi connectivity index (χ4v) is 3.07. The summed E-state index contributed by atoms with van der Waals surface area (Å²) in [6.07, 6.45) is 0. The van der Waals surface area contributed by atoms with E-state index in [2.05, 4.69) is 0 Å². The third kappa shape index (κ3) is 3.78. The molecule has 120 valence electrons. The molecule has 1 heterocycles. The molecule has 0 fully saturated rings. The van der Waals surface area contributed by atoms with Crippen LogP contribution in [0.25, 0.3) is 11.1 Å². The Labute approximate surface area is 144 Å². The molecule has 0 unspecified atom stereocenters. The Kier molecular flexibility index (Phi) is 4.87. The summed E-state index contributed by atoms with van der Waals surface area (Å²) in [5.74, 6) is -0.668. The molecule has 24 heavy (non-hydrogen) atoms. The van der Waals surface area contributed by atoms with E-state index in [1.807, 2.05) is 55.5 Å². The summed E-state index contributed by atoms with van der Waals surface area (Å²) in [6, 6.07) is 20.8. The second kappa shape index (κ2) is 7.23. The quantitative estimate of drug-likeness (QED) is 0.498. The molecule has 3 nitrogen and oxygen atoms in total. The first-order valence-electron chi connectivity index (χ1n) is 7.56. The fourth-order valence-electron chi connectivity index (χ4n) is 2.31. The Bertz CT molecular complexity index is 848. The van der Waals surface area contributed by atoms with Gasteiger partial charge in [0.15, 0.2) is 12.4 Å². The molecule has 0 aliphatic rings. The molecule has 0 aliphatic carbocycles. The predicted octanol–water partition coefficient (Wildman–Crippen LogP) is 4.76. The van der Waals surface area contributed by atoms with Gasteiger partial charge in [-0.15, -0.1) is 11.3 Å². The Hall–Kier alpha value is -2.72. The highest BCUT2D eigenvalue weighted by atomic mass is 32.1. The largest absolute Gasteiger partial charge is 0.453 e. The van der Waals surface area contributed by atoms with Gasteiger partial charge in [0.1, 0.15) is 4.88 Å². The van der Waals surface area contributed by atoms with Crippen molar-refractivity contribution in [3.63, 3.8) is 0 Å². The standard InChI is InChI=1S/C20H16O3S/c1-14-7-12-19(24-14)20(22)23-13-18(21)17-10-8-16(9-11-17)15-5-3-2-4-6-15/h2-12H,13H2,1H3. The van der Waals surface area contributed by atoms with Gasteiger partial charge in [-0.2, -0.15) is 0 Å². The summed E-state index contributed by atoms with van der Waals surface area (Å²) in [7, 11) is 0. The van der Waals surface area contributed by atoms with Crippen molar-refractivity contribution in [2.24, 2.45) is 0 Å². The zero-order valence-corrected chi connectivity index (χ0v) is 14.0. The summed E-state index contributed by atoms with van der Waals surface area (Å²) in [5.41, 5.74) is 2.67. The number of Topliss-reactive ketones (excluding diaryl/α,β-unsaturated/α-hetero) is 1. The smallest absolute Gasteiger partial charge is 0.348 e. The lowest BCUT2D eigenvalue weighted by atomic mass is 10.0. The SMILES string of the molecule is Cc1ccc(C(=O)OCC(=O)c2ccc(-c3ccccc3)cc2)s1. The third-order valence-electron chi connectivity index (χ3n) is 3.59. The second-order valence-electron chi connectivity index (χ2n) is 5.35. The highest BCUT2D eigenvalue weighted by molar-refractivity contribution is 7.13. The van der Waals surface area contributed by atoms with E-state index in [-0.39, 0.29) is 12.4 Å². The van der Waals surface area contributed by atoms with Gasteiger partial charge in [0.2, 0.25) is 0 Å². The van der Waals surface area contributed by atoms with Crippen LogP contribution in [-0.2, 0) is 4.74 Å². The molecule has 0 atom stereocenters. The molecule has 0 spiro atoms. The molecule has 3 aromatic rings. The monoisotopic (exact) mass is 336 g/mol. The average Bonchev–Trinajstić information content (AvgIpc) is 3.07. The van der Waals surface area contributed by atoms with Gasteiger partial charge in [0.25, 0.3) is 0 Å². The minimum atomic E-state index is -0.456. The number of hydrogen-bond donors (Lipinski definition) is 0. The first kappa shape index (κ1) is 16.1. The van der Waals surface area contributed by atoms with Crippen LogP contribution < -0.4 is 0 Å². The number of aryl methyl sites for hydroxylation is 1. The molecule has 4 heteroatoms. The van der Waals surface area contributed by atoms with Crippen molar-refractivity contribution in [3.05, 3.63) is 82.0 Å². The van der Waals surface area contributed by atoms with Gasteiger partial charge in [0, 0.05) is 10.4 Å². The maximum Gasteiger partial charge on any atom is 0.348 e. The van der Waals surface area contributed by atoms with E-state index in [9.17, 15) is 9.59 Å². The molecule has 0 radical (unpaired) electrons. The normalized spacial score (nSPS) is 10.4. The minimum absolute atomic E-state index is 0.212. The summed E-state index contributed by atoms with van der Waals surface area (Å²) in [5, 5.41) is 0. The molecule has 0 N–H and O–H groups in total. The third-order valence-corrected chi connectivity index (χ3v) is 4.57. The highest BCUT2D eigenvalue weighted by Gasteiger charge is 2.13. The van der Waals surface area contributed by atoms with Crippen molar-refractivity contribution >= 4 is 23.1 Å². The van der Waals surface area contributed by atoms with Gasteiger partial charge < -0.3 is 4.74 Å². The zero-order valence-electron chi connectivity index (χ0n) is 13.2. The van der Waals surface area contributed by atoms with E-state index in [0.717, 1.165) is 16.0 Å². The Morgan fingerprint density at radius 3 is 2.17 bits per heavy atom. The zero-order chi connectivity index (χ0) is 16.9. The number of esters is 1. The topological polar surface area (TPSA) is 43.4 Å². The van der Waals surface area contributed by atoms with Crippen LogP contribution in [0.5, 0.6) is 0 Å². The van der Waals surface area contributed by atoms with Gasteiger partial charge in [-0.05, 0) is 30.2 Å². The number of benzene rings is 2. The Balaban J connectivity index is 1.62. The van der Waals surface area contributed by atoms with Crippen LogP contribution in [-0.4, -0.2) is 18.4 Å². The number of ether oxygens (including phenoxy) is 1. The molecule has 0 saturated heterocycles. The number of thiophene rings is 1. The number of carbonyl (C=O) groups excluding carboxylic acids is 2. The van der Waals surface area contributed by atoms with Gasteiger partial charge in [-0.3, -0.25) is 4.79 Å². The van der Waals surface area contributed by atoms with Crippen molar-refractivity contribution in [1.29, 1.82) is 0 Å². The Morgan fingerprint density at radius 1 is 0.875 bits per heavy atom. The van der Waals surface area contributed by atoms with E-state index >= 15 is 0 Å². The molecule has 0 bridgehead atoms. The van der Waals surface area contributed by atoms with Crippen molar-refractivity contribution in [2.45, 2.75) is 6.92 Å². The van der Waals surface area contributed by atoms with Gasteiger partial charge in [-0.25, -0.2) is 4.79 Å². The molecule has 1 aromatic heterocycles. The average molecular weight is 336 g/mol. The second-order valence-corrected chi connectivity index (χ2v) is 6.64. The lowest BCUT2D eigenvalue weighted by Gasteiger charge is -2.05.